The van der Waals surface area contributed by atoms with Crippen LogP contribution in [0.15, 0.2) is 24.3 Å². The molecule has 0 heterocycles. The molecule has 0 bridgehead atoms. The number of methoxy groups -OCH3 is 1. The highest BCUT2D eigenvalue weighted by Crippen LogP contribution is 2.16. The lowest BCUT2D eigenvalue weighted by molar-refractivity contribution is -0.459. The van der Waals surface area contributed by atoms with Gasteiger partial charge in [-0.05, 0) is 12.1 Å². The van der Waals surface area contributed by atoms with Crippen molar-refractivity contribution in [3.8, 4) is 5.75 Å². The quantitative estimate of drug-likeness (QED) is 0.253. The van der Waals surface area contributed by atoms with Crippen LogP contribution in [0.2, 0.25) is 0 Å². The Bertz CT molecular complexity index is 395. The molecule has 0 aliphatic heterocycles. The molecule has 6 nitrogen and oxygen atoms in total. The first-order valence-electron chi connectivity index (χ1n) is 4.31. The summed E-state index contributed by atoms with van der Waals surface area (Å²) in [6, 6.07) is 7.34. The molecule has 80 valence electrons. The fourth-order valence-electron chi connectivity index (χ4n) is 1.08. The number of para-hydroxylation sites is 2. The average Bonchev–Trinajstić information content (AvgIpc) is 2.17. The molecular weight excluding hydrogens is 194 g/mol. The second-order valence-corrected chi connectivity index (χ2v) is 2.82. The van der Waals surface area contributed by atoms with E-state index < -0.39 is 0 Å². The smallest absolute Gasteiger partial charge is 0.492 e. The number of hydrogen-bond acceptors (Lipinski definition) is 1. The minimum atomic E-state index is 0.0231. The van der Waals surface area contributed by atoms with Gasteiger partial charge in [0.2, 0.25) is 0 Å². The van der Waals surface area contributed by atoms with Crippen LogP contribution >= 0.6 is 0 Å². The number of benzene rings is 1. The van der Waals surface area contributed by atoms with Gasteiger partial charge in [0.1, 0.15) is 0 Å². The molecule has 0 unspecified atom stereocenters. The molecule has 1 aromatic rings. The monoisotopic (exact) mass is 209 g/mol. The fraction of sp³-hybridized carbons (Fsp3) is 0.111. The van der Waals surface area contributed by atoms with Gasteiger partial charge in [-0.1, -0.05) is 12.1 Å². The molecule has 6 heteroatoms. The normalized spacial score (nSPS) is 10.9. The molecule has 0 saturated carbocycles. The largest absolute Gasteiger partial charge is 0.522 e. The van der Waals surface area contributed by atoms with Crippen molar-refractivity contribution in [2.45, 2.75) is 0 Å². The van der Waals surface area contributed by atoms with Gasteiger partial charge in [0.25, 0.3) is 5.96 Å². The Morgan fingerprint density at radius 2 is 1.87 bits per heavy atom. The molecule has 0 aliphatic rings. The molecule has 15 heavy (non-hydrogen) atoms. The molecule has 1 rings (SSSR count). The van der Waals surface area contributed by atoms with E-state index >= 15 is 0 Å². The van der Waals surface area contributed by atoms with E-state index in [4.69, 9.17) is 21.9 Å². The van der Waals surface area contributed by atoms with E-state index in [1.807, 2.05) is 24.3 Å². The molecule has 0 aliphatic carbocycles. The molecule has 0 aromatic heterocycles. The lowest BCUT2D eigenvalue weighted by Crippen LogP contribution is -2.96. The van der Waals surface area contributed by atoms with Gasteiger partial charge in [0.15, 0.2) is 11.4 Å². The Labute approximate surface area is 87.5 Å². The van der Waals surface area contributed by atoms with Gasteiger partial charge in [-0.25, -0.2) is 5.73 Å². The predicted molar refractivity (Wildman–Crippen MR) is 57.2 cm³/mol. The van der Waals surface area contributed by atoms with Gasteiger partial charge in [-0.15, -0.1) is 4.99 Å². The molecule has 0 spiro atoms. The van der Waals surface area contributed by atoms with E-state index in [2.05, 4.69) is 9.98 Å². The van der Waals surface area contributed by atoms with Crippen molar-refractivity contribution in [3.05, 3.63) is 24.3 Å². The van der Waals surface area contributed by atoms with Crippen molar-refractivity contribution < 1.29 is 14.7 Å². The Kier molecular flexibility index (Phi) is 3.50. The van der Waals surface area contributed by atoms with Crippen LogP contribution in [0.25, 0.3) is 0 Å². The molecule has 0 radical (unpaired) electrons. The summed E-state index contributed by atoms with van der Waals surface area (Å²) in [6.45, 7) is 0. The summed E-state index contributed by atoms with van der Waals surface area (Å²) >= 11 is 0. The van der Waals surface area contributed by atoms with Gasteiger partial charge in [0.05, 0.1) is 7.11 Å². The molecule has 0 saturated heterocycles. The SMILES string of the molecule is COc1ccccc1[NH+]=C(N)[NH+]=C(N)N. The minimum Gasteiger partial charge on any atom is -0.492 e. The summed E-state index contributed by atoms with van der Waals surface area (Å²) in [4.78, 5) is 5.41. The number of nitrogens with two attached hydrogens (primary N) is 3. The maximum atomic E-state index is 5.59. The molecule has 1 aromatic carbocycles. The van der Waals surface area contributed by atoms with E-state index in [0.29, 0.717) is 5.75 Å². The van der Waals surface area contributed by atoms with Crippen LogP contribution in [-0.2, 0) is 0 Å². The van der Waals surface area contributed by atoms with Gasteiger partial charge < -0.3 is 16.2 Å². The highest BCUT2D eigenvalue weighted by Gasteiger charge is 2.08. The van der Waals surface area contributed by atoms with Crippen molar-refractivity contribution in [2.24, 2.45) is 17.2 Å². The van der Waals surface area contributed by atoms with E-state index in [-0.39, 0.29) is 11.9 Å². The summed E-state index contributed by atoms with van der Waals surface area (Å²) in [5, 5.41) is 0. The standard InChI is InChI=1S/C9H13N5O/c1-15-7-5-3-2-4-6(7)13-9(12)14-8(10)11/h2-5H,1H3,(H6,10,11,12,13,14)/p+2. The number of ether oxygens (including phenoxy) is 1. The van der Waals surface area contributed by atoms with E-state index in [0.717, 1.165) is 5.69 Å². The maximum absolute atomic E-state index is 5.59. The Morgan fingerprint density at radius 1 is 1.20 bits per heavy atom. The number of hydrogen-bond donors (Lipinski definition) is 5. The third kappa shape index (κ3) is 3.18. The van der Waals surface area contributed by atoms with Crippen molar-refractivity contribution in [1.29, 1.82) is 0 Å². The zero-order valence-corrected chi connectivity index (χ0v) is 8.45. The van der Waals surface area contributed by atoms with Crippen molar-refractivity contribution in [3.63, 3.8) is 0 Å². The van der Waals surface area contributed by atoms with E-state index in [9.17, 15) is 0 Å². The number of guanidine groups is 2. The van der Waals surface area contributed by atoms with Gasteiger partial charge in [0, 0.05) is 0 Å². The summed E-state index contributed by atoms with van der Waals surface area (Å²) in [5.41, 5.74) is 16.8. The van der Waals surface area contributed by atoms with Crippen LogP contribution in [0.3, 0.4) is 0 Å². The first-order chi connectivity index (χ1) is 7.13. The molecule has 0 amide bonds. The Morgan fingerprint density at radius 3 is 2.47 bits per heavy atom. The third-order valence-corrected chi connectivity index (χ3v) is 1.66. The molecule has 8 N–H and O–H groups in total. The summed E-state index contributed by atoms with van der Waals surface area (Å²) in [7, 11) is 1.58. The predicted octanol–water partition coefficient (Wildman–Crippen LogP) is -3.92. The van der Waals surface area contributed by atoms with Gasteiger partial charge in [-0.3, -0.25) is 0 Å². The summed E-state index contributed by atoms with van der Waals surface area (Å²) in [5.74, 6) is 0.937. The van der Waals surface area contributed by atoms with Gasteiger partial charge >= 0.3 is 5.96 Å². The topological polar surface area (TPSA) is 115 Å². The first-order valence-corrected chi connectivity index (χ1v) is 4.31. The van der Waals surface area contributed by atoms with E-state index in [1.54, 1.807) is 7.11 Å². The summed E-state index contributed by atoms with van der Waals surface area (Å²) in [6.07, 6.45) is 0. The van der Waals surface area contributed by atoms with Crippen molar-refractivity contribution in [2.75, 3.05) is 7.11 Å². The van der Waals surface area contributed by atoms with Crippen molar-refractivity contribution >= 4 is 17.6 Å². The van der Waals surface area contributed by atoms with Crippen LogP contribution in [0.4, 0.5) is 5.69 Å². The number of rotatable bonds is 2. The first kappa shape index (κ1) is 10.8. The third-order valence-electron chi connectivity index (χ3n) is 1.66. The van der Waals surface area contributed by atoms with Crippen LogP contribution in [0.1, 0.15) is 0 Å². The minimum absolute atomic E-state index is 0.0231. The average molecular weight is 209 g/mol. The van der Waals surface area contributed by atoms with Gasteiger partial charge in [-0.2, -0.15) is 4.99 Å². The van der Waals surface area contributed by atoms with Crippen molar-refractivity contribution in [1.82, 2.24) is 0 Å². The second kappa shape index (κ2) is 4.85. The van der Waals surface area contributed by atoms with Crippen LogP contribution in [0, 0.1) is 0 Å². The fourth-order valence-corrected chi connectivity index (χ4v) is 1.08. The summed E-state index contributed by atoms with van der Waals surface area (Å²) < 4.78 is 5.12. The Balaban J connectivity index is 3.02. The van der Waals surface area contributed by atoms with Crippen LogP contribution in [0.5, 0.6) is 5.75 Å². The second-order valence-electron chi connectivity index (χ2n) is 2.82. The molecule has 0 fully saturated rings. The van der Waals surface area contributed by atoms with E-state index in [1.165, 1.54) is 0 Å². The number of nitrogens with one attached hydrogen (secondary N) is 2. The maximum Gasteiger partial charge on any atom is 0.522 e. The molecule has 0 atom stereocenters. The highest BCUT2D eigenvalue weighted by molar-refractivity contribution is 5.76. The highest BCUT2D eigenvalue weighted by atomic mass is 16.5. The van der Waals surface area contributed by atoms with Crippen LogP contribution in [-0.4, -0.2) is 19.0 Å². The van der Waals surface area contributed by atoms with Crippen LogP contribution < -0.4 is 31.9 Å². The lowest BCUT2D eigenvalue weighted by Gasteiger charge is -1.98. The lowest BCUT2D eigenvalue weighted by atomic mass is 10.3. The zero-order chi connectivity index (χ0) is 11.3. The zero-order valence-electron chi connectivity index (χ0n) is 8.45. The molecular formula is C9H15N5O+2. The Hall–Kier alpha value is -2.24.